The van der Waals surface area contributed by atoms with Crippen molar-refractivity contribution < 1.29 is 37.0 Å². The Morgan fingerprint density at radius 1 is 1.07 bits per heavy atom. The fourth-order valence-electron chi connectivity index (χ4n) is 2.23. The summed E-state index contributed by atoms with van der Waals surface area (Å²) in [5.41, 5.74) is -0.399. The fourth-order valence-corrected chi connectivity index (χ4v) is 2.23. The molecule has 6 nitrogen and oxygen atoms in total. The molecule has 152 valence electrons. The van der Waals surface area contributed by atoms with Crippen LogP contribution in [0.15, 0.2) is 54.6 Å². The third kappa shape index (κ3) is 6.49. The second kappa shape index (κ2) is 9.54. The molecule has 0 radical (unpaired) electrons. The van der Waals surface area contributed by atoms with Crippen molar-refractivity contribution in [3.63, 3.8) is 0 Å². The second-order valence-electron chi connectivity index (χ2n) is 5.65. The number of hydrogen-bond acceptors (Lipinski definition) is 5. The van der Waals surface area contributed by atoms with Crippen LogP contribution in [-0.2, 0) is 25.2 Å². The first-order valence-corrected chi connectivity index (χ1v) is 8.20. The molecule has 0 fully saturated rings. The van der Waals surface area contributed by atoms with Gasteiger partial charge in [0.25, 0.3) is 5.91 Å². The highest BCUT2D eigenvalue weighted by atomic mass is 19.4. The monoisotopic (exact) mass is 407 g/mol. The van der Waals surface area contributed by atoms with Crippen molar-refractivity contribution in [1.82, 2.24) is 0 Å². The number of carbonyl (C=O) groups is 3. The zero-order chi connectivity index (χ0) is 21.4. The molecule has 0 aromatic heterocycles. The quantitative estimate of drug-likeness (QED) is 0.584. The number of methoxy groups -OCH3 is 1. The van der Waals surface area contributed by atoms with Crippen LogP contribution < -0.4 is 5.32 Å². The van der Waals surface area contributed by atoms with Gasteiger partial charge in [-0.25, -0.2) is 9.59 Å². The normalized spacial score (nSPS) is 11.2. The van der Waals surface area contributed by atoms with E-state index < -0.39 is 36.2 Å². The molecule has 1 amide bonds. The van der Waals surface area contributed by atoms with Gasteiger partial charge in [-0.15, -0.1) is 0 Å². The number of benzene rings is 2. The van der Waals surface area contributed by atoms with Gasteiger partial charge in [-0.1, -0.05) is 24.3 Å². The van der Waals surface area contributed by atoms with Crippen LogP contribution in [0.3, 0.4) is 0 Å². The molecule has 0 aliphatic rings. The van der Waals surface area contributed by atoms with Gasteiger partial charge >= 0.3 is 18.1 Å². The molecule has 0 spiro atoms. The summed E-state index contributed by atoms with van der Waals surface area (Å²) < 4.78 is 47.4. The Kier molecular flexibility index (Phi) is 7.13. The van der Waals surface area contributed by atoms with Gasteiger partial charge in [-0.05, 0) is 35.9 Å². The number of ether oxygens (including phenoxy) is 2. The molecule has 0 atom stereocenters. The molecular weight excluding hydrogens is 391 g/mol. The summed E-state index contributed by atoms with van der Waals surface area (Å²) in [4.78, 5) is 35.3. The summed E-state index contributed by atoms with van der Waals surface area (Å²) in [6, 6.07) is 10.5. The van der Waals surface area contributed by atoms with E-state index in [0.29, 0.717) is 0 Å². The Bertz CT molecular complexity index is 938. The number of carbonyl (C=O) groups excluding carboxylic acids is 3. The topological polar surface area (TPSA) is 81.7 Å². The Morgan fingerprint density at radius 2 is 1.79 bits per heavy atom. The van der Waals surface area contributed by atoms with E-state index in [-0.39, 0.29) is 16.8 Å². The van der Waals surface area contributed by atoms with Crippen LogP contribution in [0.4, 0.5) is 18.9 Å². The molecule has 0 saturated heterocycles. The van der Waals surface area contributed by atoms with Crippen molar-refractivity contribution in [2.75, 3.05) is 19.0 Å². The van der Waals surface area contributed by atoms with Crippen LogP contribution in [0, 0.1) is 0 Å². The molecule has 1 N–H and O–H groups in total. The largest absolute Gasteiger partial charge is 0.465 e. The molecule has 29 heavy (non-hydrogen) atoms. The van der Waals surface area contributed by atoms with Crippen LogP contribution in [0.5, 0.6) is 0 Å². The molecule has 0 aliphatic carbocycles. The maximum absolute atomic E-state index is 12.7. The summed E-state index contributed by atoms with van der Waals surface area (Å²) in [7, 11) is 1.19. The molecule has 2 rings (SSSR count). The molecule has 0 saturated carbocycles. The lowest BCUT2D eigenvalue weighted by Crippen LogP contribution is -2.21. The lowest BCUT2D eigenvalue weighted by molar-refractivity contribution is -0.142. The van der Waals surface area contributed by atoms with Crippen LogP contribution in [0.25, 0.3) is 6.08 Å². The minimum Gasteiger partial charge on any atom is -0.465 e. The number of rotatable bonds is 6. The Balaban J connectivity index is 1.92. The highest BCUT2D eigenvalue weighted by molar-refractivity contribution is 6.02. The lowest BCUT2D eigenvalue weighted by Gasteiger charge is -2.09. The number of alkyl halides is 3. The zero-order valence-corrected chi connectivity index (χ0v) is 15.2. The van der Waals surface area contributed by atoms with Crippen molar-refractivity contribution in [2.45, 2.75) is 6.18 Å². The molecule has 2 aromatic carbocycles. The van der Waals surface area contributed by atoms with Crippen LogP contribution in [-0.4, -0.2) is 31.6 Å². The van der Waals surface area contributed by atoms with Crippen molar-refractivity contribution in [2.24, 2.45) is 0 Å². The van der Waals surface area contributed by atoms with Gasteiger partial charge in [-0.3, -0.25) is 4.79 Å². The molecule has 0 heterocycles. The minimum atomic E-state index is -4.50. The first-order valence-electron chi connectivity index (χ1n) is 8.20. The number of nitrogens with one attached hydrogen (secondary N) is 1. The molecule has 0 aliphatic heterocycles. The first-order chi connectivity index (χ1) is 13.7. The van der Waals surface area contributed by atoms with Crippen molar-refractivity contribution in [3.8, 4) is 0 Å². The molecule has 9 heteroatoms. The van der Waals surface area contributed by atoms with Gasteiger partial charge in [0.05, 0.1) is 23.9 Å². The number of hydrogen-bond donors (Lipinski definition) is 1. The molecule has 2 aromatic rings. The van der Waals surface area contributed by atoms with Crippen molar-refractivity contribution in [1.29, 1.82) is 0 Å². The molecule has 0 bridgehead atoms. The van der Waals surface area contributed by atoms with Gasteiger partial charge in [-0.2, -0.15) is 13.2 Å². The maximum Gasteiger partial charge on any atom is 0.416 e. The van der Waals surface area contributed by atoms with Gasteiger partial charge in [0.1, 0.15) is 0 Å². The summed E-state index contributed by atoms with van der Waals surface area (Å²) in [6.45, 7) is -0.652. The summed E-state index contributed by atoms with van der Waals surface area (Å²) in [5, 5.41) is 2.41. The predicted molar refractivity (Wildman–Crippen MR) is 97.8 cm³/mol. The van der Waals surface area contributed by atoms with Crippen molar-refractivity contribution >= 4 is 29.6 Å². The highest BCUT2D eigenvalue weighted by Gasteiger charge is 2.30. The van der Waals surface area contributed by atoms with E-state index in [2.05, 4.69) is 10.1 Å². The van der Waals surface area contributed by atoms with Gasteiger partial charge in [0, 0.05) is 6.08 Å². The van der Waals surface area contributed by atoms with E-state index in [1.54, 1.807) is 12.1 Å². The molecular formula is C20H16F3NO5. The van der Waals surface area contributed by atoms with E-state index in [4.69, 9.17) is 4.74 Å². The average Bonchev–Trinajstić information content (AvgIpc) is 2.70. The summed E-state index contributed by atoms with van der Waals surface area (Å²) >= 11 is 0. The standard InChI is InChI=1S/C20H16F3NO5/c1-28-19(27)15-7-2-3-8-16(15)24-17(25)12-29-18(26)10-9-13-5-4-6-14(11-13)20(21,22)23/h2-11H,12H2,1H3,(H,24,25)/b10-9+. The minimum absolute atomic E-state index is 0.124. The SMILES string of the molecule is COC(=O)c1ccccc1NC(=O)COC(=O)/C=C/c1cccc(C(F)(F)F)c1. The van der Waals surface area contributed by atoms with E-state index >= 15 is 0 Å². The second-order valence-corrected chi connectivity index (χ2v) is 5.65. The number of anilines is 1. The van der Waals surface area contributed by atoms with E-state index in [9.17, 15) is 27.6 Å². The number of halogens is 3. The highest BCUT2D eigenvalue weighted by Crippen LogP contribution is 2.29. The van der Waals surface area contributed by atoms with Crippen molar-refractivity contribution in [3.05, 3.63) is 71.3 Å². The van der Waals surface area contributed by atoms with Crippen LogP contribution in [0.2, 0.25) is 0 Å². The number of esters is 2. The third-order valence-corrected chi connectivity index (χ3v) is 3.58. The molecule has 0 unspecified atom stereocenters. The Hall–Kier alpha value is -3.62. The maximum atomic E-state index is 12.7. The first kappa shape index (κ1) is 21.7. The van der Waals surface area contributed by atoms with Gasteiger partial charge in [0.15, 0.2) is 6.61 Å². The lowest BCUT2D eigenvalue weighted by atomic mass is 10.1. The van der Waals surface area contributed by atoms with E-state index in [0.717, 1.165) is 24.3 Å². The summed E-state index contributed by atoms with van der Waals surface area (Å²) in [5.74, 6) is -2.28. The smallest absolute Gasteiger partial charge is 0.416 e. The average molecular weight is 407 g/mol. The van der Waals surface area contributed by atoms with Crippen LogP contribution in [0.1, 0.15) is 21.5 Å². The van der Waals surface area contributed by atoms with E-state index in [1.807, 2.05) is 0 Å². The Labute approximate surface area is 163 Å². The zero-order valence-electron chi connectivity index (χ0n) is 15.2. The third-order valence-electron chi connectivity index (χ3n) is 3.58. The fraction of sp³-hybridized carbons (Fsp3) is 0.150. The Morgan fingerprint density at radius 3 is 2.48 bits per heavy atom. The summed E-state index contributed by atoms with van der Waals surface area (Å²) in [6.07, 6.45) is -2.45. The number of amides is 1. The van der Waals surface area contributed by atoms with Gasteiger partial charge < -0.3 is 14.8 Å². The van der Waals surface area contributed by atoms with Gasteiger partial charge in [0.2, 0.25) is 0 Å². The predicted octanol–water partition coefficient (Wildman–Crippen LogP) is 3.69. The number of para-hydroxylation sites is 1. The van der Waals surface area contributed by atoms with E-state index in [1.165, 1.54) is 31.4 Å². The van der Waals surface area contributed by atoms with Crippen LogP contribution >= 0.6 is 0 Å².